The van der Waals surface area contributed by atoms with Gasteiger partial charge in [0.2, 0.25) is 0 Å². The molecule has 4 aromatic rings. The Bertz CT molecular complexity index is 1020. The van der Waals surface area contributed by atoms with Crippen LogP contribution in [0.5, 0.6) is 0 Å². The van der Waals surface area contributed by atoms with E-state index in [0.717, 1.165) is 19.4 Å². The van der Waals surface area contributed by atoms with Crippen LogP contribution in [0.25, 0.3) is 11.1 Å². The molecule has 1 N–H and O–H groups in total. The van der Waals surface area contributed by atoms with E-state index in [9.17, 15) is 0 Å². The Labute approximate surface area is 186 Å². The third-order valence-corrected chi connectivity index (χ3v) is 6.05. The molecule has 1 nitrogen and oxygen atoms in total. The lowest BCUT2D eigenvalue weighted by molar-refractivity contribution is 0.461. The smallest absolute Gasteiger partial charge is 0.0386 e. The molecule has 2 atom stereocenters. The van der Waals surface area contributed by atoms with E-state index in [-0.39, 0.29) is 0 Å². The number of hydrogen-bond acceptors (Lipinski definition) is 1. The Morgan fingerprint density at radius 2 is 1.10 bits per heavy atom. The molecule has 0 aliphatic rings. The van der Waals surface area contributed by atoms with Crippen LogP contribution in [-0.4, -0.2) is 6.54 Å². The van der Waals surface area contributed by atoms with Gasteiger partial charge in [-0.05, 0) is 47.2 Å². The molecule has 0 bridgehead atoms. The van der Waals surface area contributed by atoms with E-state index in [4.69, 9.17) is 0 Å². The number of benzene rings is 4. The van der Waals surface area contributed by atoms with Crippen LogP contribution in [0.3, 0.4) is 0 Å². The van der Waals surface area contributed by atoms with Crippen LogP contribution >= 0.6 is 0 Å². The highest BCUT2D eigenvalue weighted by Crippen LogP contribution is 2.30. The van der Waals surface area contributed by atoms with Crippen molar-refractivity contribution in [2.24, 2.45) is 0 Å². The first-order valence-electron chi connectivity index (χ1n) is 11.3. The molecule has 0 saturated carbocycles. The van der Waals surface area contributed by atoms with Gasteiger partial charge in [-0.25, -0.2) is 0 Å². The van der Waals surface area contributed by atoms with Gasteiger partial charge in [-0.15, -0.1) is 0 Å². The van der Waals surface area contributed by atoms with Crippen LogP contribution in [0.2, 0.25) is 0 Å². The summed E-state index contributed by atoms with van der Waals surface area (Å²) in [5, 5.41) is 3.84. The standard InChI is InChI=1S/C30H31N/c1-24(26-13-5-2-6-14-26)30(29-17-9-4-10-18-29)31-23-11-12-25-19-21-28(22-20-25)27-15-7-3-8-16-27/h2-10,13-22,24,30-31H,11-12,23H2,1H3/t24-,30+/m1/s1. The molecule has 0 aliphatic carbocycles. The van der Waals surface area contributed by atoms with Crippen molar-refractivity contribution in [1.29, 1.82) is 0 Å². The fourth-order valence-electron chi connectivity index (χ4n) is 4.24. The zero-order valence-electron chi connectivity index (χ0n) is 18.2. The van der Waals surface area contributed by atoms with Gasteiger partial charge in [-0.3, -0.25) is 0 Å². The van der Waals surface area contributed by atoms with Crippen LogP contribution in [0.15, 0.2) is 115 Å². The summed E-state index contributed by atoms with van der Waals surface area (Å²) in [5.74, 6) is 0.411. The Hall–Kier alpha value is -3.16. The van der Waals surface area contributed by atoms with Gasteiger partial charge < -0.3 is 5.32 Å². The average Bonchev–Trinajstić information content (AvgIpc) is 2.86. The van der Waals surface area contributed by atoms with Gasteiger partial charge in [-0.1, -0.05) is 122 Å². The average molecular weight is 406 g/mol. The molecule has 0 radical (unpaired) electrons. The summed E-state index contributed by atoms with van der Waals surface area (Å²) in [6, 6.07) is 41.5. The molecule has 31 heavy (non-hydrogen) atoms. The summed E-state index contributed by atoms with van der Waals surface area (Å²) < 4.78 is 0. The monoisotopic (exact) mass is 405 g/mol. The molecule has 4 aromatic carbocycles. The van der Waals surface area contributed by atoms with Crippen molar-refractivity contribution < 1.29 is 0 Å². The van der Waals surface area contributed by atoms with Gasteiger partial charge in [-0.2, -0.15) is 0 Å². The third-order valence-electron chi connectivity index (χ3n) is 6.05. The number of aryl methyl sites for hydroxylation is 1. The van der Waals surface area contributed by atoms with Gasteiger partial charge in [0.1, 0.15) is 0 Å². The van der Waals surface area contributed by atoms with E-state index in [2.05, 4.69) is 128 Å². The number of rotatable bonds is 9. The van der Waals surface area contributed by atoms with Crippen LogP contribution in [0, 0.1) is 0 Å². The lowest BCUT2D eigenvalue weighted by atomic mass is 9.88. The number of nitrogens with one attached hydrogen (secondary N) is 1. The molecule has 0 fully saturated rings. The van der Waals surface area contributed by atoms with Crippen LogP contribution in [0.1, 0.15) is 42.0 Å². The van der Waals surface area contributed by atoms with Crippen molar-refractivity contribution in [1.82, 2.24) is 5.32 Å². The summed E-state index contributed by atoms with van der Waals surface area (Å²) in [4.78, 5) is 0. The minimum Gasteiger partial charge on any atom is -0.309 e. The molecule has 0 aromatic heterocycles. The normalized spacial score (nSPS) is 12.9. The Kier molecular flexibility index (Phi) is 7.31. The summed E-state index contributed by atoms with van der Waals surface area (Å²) in [6.45, 7) is 3.32. The molecule has 0 saturated heterocycles. The maximum atomic E-state index is 3.84. The Morgan fingerprint density at radius 1 is 0.581 bits per heavy atom. The second kappa shape index (κ2) is 10.7. The highest BCUT2D eigenvalue weighted by Gasteiger charge is 2.19. The van der Waals surface area contributed by atoms with Gasteiger partial charge in [0.15, 0.2) is 0 Å². The molecule has 0 heterocycles. The highest BCUT2D eigenvalue weighted by molar-refractivity contribution is 5.63. The third kappa shape index (κ3) is 5.71. The molecule has 156 valence electrons. The summed E-state index contributed by atoms with van der Waals surface area (Å²) >= 11 is 0. The molecule has 0 amide bonds. The summed E-state index contributed by atoms with van der Waals surface area (Å²) in [6.07, 6.45) is 2.21. The summed E-state index contributed by atoms with van der Waals surface area (Å²) in [7, 11) is 0. The lowest BCUT2D eigenvalue weighted by Gasteiger charge is -2.26. The van der Waals surface area contributed by atoms with Crippen LogP contribution in [0.4, 0.5) is 0 Å². The maximum Gasteiger partial charge on any atom is 0.0386 e. The summed E-state index contributed by atoms with van der Waals surface area (Å²) in [5.41, 5.74) is 6.68. The van der Waals surface area contributed by atoms with Gasteiger partial charge >= 0.3 is 0 Å². The number of hydrogen-bond donors (Lipinski definition) is 1. The first-order valence-corrected chi connectivity index (χ1v) is 11.3. The Balaban J connectivity index is 1.36. The van der Waals surface area contributed by atoms with Crippen molar-refractivity contribution in [2.45, 2.75) is 31.7 Å². The zero-order valence-corrected chi connectivity index (χ0v) is 18.2. The molecule has 4 rings (SSSR count). The van der Waals surface area contributed by atoms with Crippen molar-refractivity contribution in [2.75, 3.05) is 6.54 Å². The second-order valence-corrected chi connectivity index (χ2v) is 8.21. The second-order valence-electron chi connectivity index (χ2n) is 8.21. The van der Waals surface area contributed by atoms with E-state index in [1.165, 1.54) is 27.8 Å². The quantitative estimate of drug-likeness (QED) is 0.286. The Morgan fingerprint density at radius 3 is 1.71 bits per heavy atom. The molecular formula is C30H31N. The predicted octanol–water partition coefficient (Wildman–Crippen LogP) is 7.42. The largest absolute Gasteiger partial charge is 0.309 e. The van der Waals surface area contributed by atoms with Crippen molar-refractivity contribution >= 4 is 0 Å². The first-order chi connectivity index (χ1) is 15.3. The molecular weight excluding hydrogens is 374 g/mol. The minimum absolute atomic E-state index is 0.309. The maximum absolute atomic E-state index is 3.84. The predicted molar refractivity (Wildman–Crippen MR) is 132 cm³/mol. The first kappa shape index (κ1) is 21.1. The zero-order chi connectivity index (χ0) is 21.3. The van der Waals surface area contributed by atoms with Gasteiger partial charge in [0, 0.05) is 12.0 Å². The molecule has 0 aliphatic heterocycles. The lowest BCUT2D eigenvalue weighted by Crippen LogP contribution is -2.27. The minimum atomic E-state index is 0.309. The van der Waals surface area contributed by atoms with Gasteiger partial charge in [0.05, 0.1) is 0 Å². The van der Waals surface area contributed by atoms with E-state index < -0.39 is 0 Å². The van der Waals surface area contributed by atoms with Crippen LogP contribution < -0.4 is 5.32 Å². The van der Waals surface area contributed by atoms with E-state index in [1.807, 2.05) is 0 Å². The fourth-order valence-corrected chi connectivity index (χ4v) is 4.24. The van der Waals surface area contributed by atoms with Crippen LogP contribution in [-0.2, 0) is 6.42 Å². The molecule has 1 heteroatoms. The topological polar surface area (TPSA) is 12.0 Å². The molecule has 0 unspecified atom stereocenters. The molecule has 0 spiro atoms. The highest BCUT2D eigenvalue weighted by atomic mass is 14.9. The van der Waals surface area contributed by atoms with Crippen molar-refractivity contribution in [3.63, 3.8) is 0 Å². The van der Waals surface area contributed by atoms with E-state index in [0.29, 0.717) is 12.0 Å². The van der Waals surface area contributed by atoms with Crippen molar-refractivity contribution in [3.8, 4) is 11.1 Å². The van der Waals surface area contributed by atoms with E-state index in [1.54, 1.807) is 0 Å². The van der Waals surface area contributed by atoms with Crippen molar-refractivity contribution in [3.05, 3.63) is 132 Å². The van der Waals surface area contributed by atoms with Gasteiger partial charge in [0.25, 0.3) is 0 Å². The fraction of sp³-hybridized carbons (Fsp3) is 0.200. The van der Waals surface area contributed by atoms with E-state index >= 15 is 0 Å². The SMILES string of the molecule is C[C@H](c1ccccc1)[C@H](NCCCc1ccc(-c2ccccc2)cc1)c1ccccc1.